The number of imidazole rings is 1. The fraction of sp³-hybridized carbons (Fsp3) is 0.444. The van der Waals surface area contributed by atoms with Crippen LogP contribution < -0.4 is 15.8 Å². The number of benzene rings is 1. The van der Waals surface area contributed by atoms with Gasteiger partial charge in [-0.2, -0.15) is 0 Å². The van der Waals surface area contributed by atoms with E-state index in [1.807, 2.05) is 44.3 Å². The fourth-order valence-corrected chi connectivity index (χ4v) is 2.28. The summed E-state index contributed by atoms with van der Waals surface area (Å²) in [5.74, 6) is 2.67. The number of aliphatic imine (C=N–C) groups is 1. The Balaban J connectivity index is 0.00000312. The molecule has 0 radical (unpaired) electrons. The topological polar surface area (TPSA) is 77.5 Å². The van der Waals surface area contributed by atoms with Crippen LogP contribution in [0, 0.1) is 5.92 Å². The molecular formula is C18H28IN5O. The van der Waals surface area contributed by atoms with Crippen molar-refractivity contribution in [1.82, 2.24) is 9.55 Å². The summed E-state index contributed by atoms with van der Waals surface area (Å²) in [6, 6.07) is 7.65. The van der Waals surface area contributed by atoms with E-state index in [0.717, 1.165) is 23.8 Å². The van der Waals surface area contributed by atoms with Crippen LogP contribution in [0.15, 0.2) is 41.7 Å². The largest absolute Gasteiger partial charge is 0.491 e. The molecule has 3 N–H and O–H groups in total. The van der Waals surface area contributed by atoms with Gasteiger partial charge in [-0.15, -0.1) is 24.0 Å². The second-order valence-corrected chi connectivity index (χ2v) is 6.41. The first kappa shape index (κ1) is 21.3. The van der Waals surface area contributed by atoms with Gasteiger partial charge in [-0.3, -0.25) is 0 Å². The number of nitrogens with two attached hydrogens (primary N) is 1. The summed E-state index contributed by atoms with van der Waals surface area (Å²) in [6.45, 7) is 9.73. The molecule has 6 nitrogen and oxygen atoms in total. The number of aromatic nitrogens is 2. The van der Waals surface area contributed by atoms with E-state index in [9.17, 15) is 0 Å². The number of hydrogen-bond acceptors (Lipinski definition) is 3. The molecule has 0 atom stereocenters. The van der Waals surface area contributed by atoms with Gasteiger partial charge in [0.15, 0.2) is 5.96 Å². The SMILES string of the molecule is CC(C)Cn1ccnc1CN=C(N)Nc1ccc(OC(C)C)cc1.I. The van der Waals surface area contributed by atoms with E-state index in [1.54, 1.807) is 6.20 Å². The summed E-state index contributed by atoms with van der Waals surface area (Å²) >= 11 is 0. The molecule has 25 heavy (non-hydrogen) atoms. The Morgan fingerprint density at radius 3 is 2.52 bits per heavy atom. The van der Waals surface area contributed by atoms with Crippen LogP contribution in [-0.2, 0) is 13.1 Å². The minimum Gasteiger partial charge on any atom is -0.491 e. The lowest BCUT2D eigenvalue weighted by Crippen LogP contribution is -2.23. The molecule has 138 valence electrons. The van der Waals surface area contributed by atoms with Crippen LogP contribution in [0.3, 0.4) is 0 Å². The van der Waals surface area contributed by atoms with E-state index in [2.05, 4.69) is 33.7 Å². The number of nitrogens with one attached hydrogen (secondary N) is 1. The van der Waals surface area contributed by atoms with Gasteiger partial charge in [-0.05, 0) is 44.0 Å². The predicted octanol–water partition coefficient (Wildman–Crippen LogP) is 3.87. The van der Waals surface area contributed by atoms with Crippen molar-refractivity contribution in [2.75, 3.05) is 5.32 Å². The highest BCUT2D eigenvalue weighted by molar-refractivity contribution is 14.0. The first-order valence-electron chi connectivity index (χ1n) is 8.27. The van der Waals surface area contributed by atoms with E-state index < -0.39 is 0 Å². The molecular weight excluding hydrogens is 429 g/mol. The maximum absolute atomic E-state index is 5.96. The van der Waals surface area contributed by atoms with Crippen molar-refractivity contribution in [2.45, 2.75) is 46.9 Å². The highest BCUT2D eigenvalue weighted by Gasteiger charge is 2.04. The van der Waals surface area contributed by atoms with Crippen LogP contribution in [-0.4, -0.2) is 21.6 Å². The smallest absolute Gasteiger partial charge is 0.193 e. The van der Waals surface area contributed by atoms with Gasteiger partial charge in [0.25, 0.3) is 0 Å². The third kappa shape index (κ3) is 7.33. The maximum Gasteiger partial charge on any atom is 0.193 e. The van der Waals surface area contributed by atoms with Crippen molar-refractivity contribution < 1.29 is 4.74 Å². The summed E-state index contributed by atoms with van der Waals surface area (Å²) in [4.78, 5) is 8.71. The van der Waals surface area contributed by atoms with Crippen molar-refractivity contribution in [3.05, 3.63) is 42.5 Å². The molecule has 1 aromatic heterocycles. The average Bonchev–Trinajstić information content (AvgIpc) is 2.93. The van der Waals surface area contributed by atoms with Gasteiger partial charge < -0.3 is 20.4 Å². The Kier molecular flexibility index (Phi) is 8.74. The normalized spacial score (nSPS) is 11.5. The van der Waals surface area contributed by atoms with Crippen molar-refractivity contribution in [1.29, 1.82) is 0 Å². The molecule has 1 aromatic carbocycles. The maximum atomic E-state index is 5.96. The molecule has 0 spiro atoms. The van der Waals surface area contributed by atoms with Gasteiger partial charge in [0, 0.05) is 24.6 Å². The van der Waals surface area contributed by atoms with Crippen LogP contribution in [0.25, 0.3) is 0 Å². The van der Waals surface area contributed by atoms with Gasteiger partial charge in [-0.1, -0.05) is 13.8 Å². The summed E-state index contributed by atoms with van der Waals surface area (Å²) in [6.07, 6.45) is 3.93. The summed E-state index contributed by atoms with van der Waals surface area (Å²) in [5, 5.41) is 3.08. The van der Waals surface area contributed by atoms with Gasteiger partial charge in [0.2, 0.25) is 0 Å². The van der Waals surface area contributed by atoms with E-state index in [4.69, 9.17) is 10.5 Å². The van der Waals surface area contributed by atoms with E-state index in [0.29, 0.717) is 18.4 Å². The second-order valence-electron chi connectivity index (χ2n) is 6.41. The van der Waals surface area contributed by atoms with Gasteiger partial charge >= 0.3 is 0 Å². The Hall–Kier alpha value is -1.77. The molecule has 0 saturated heterocycles. The van der Waals surface area contributed by atoms with Crippen molar-refractivity contribution in [3.63, 3.8) is 0 Å². The van der Waals surface area contributed by atoms with E-state index >= 15 is 0 Å². The Morgan fingerprint density at radius 1 is 1.24 bits per heavy atom. The van der Waals surface area contributed by atoms with Crippen molar-refractivity contribution >= 4 is 35.6 Å². The zero-order valence-corrected chi connectivity index (χ0v) is 17.6. The average molecular weight is 457 g/mol. The van der Waals surface area contributed by atoms with Gasteiger partial charge in [0.05, 0.1) is 6.10 Å². The third-order valence-corrected chi connectivity index (χ3v) is 3.25. The molecule has 0 amide bonds. The van der Waals surface area contributed by atoms with Crippen LogP contribution in [0.2, 0.25) is 0 Å². The molecule has 0 unspecified atom stereocenters. The van der Waals surface area contributed by atoms with Crippen LogP contribution >= 0.6 is 24.0 Å². The number of halogens is 1. The van der Waals surface area contributed by atoms with Crippen LogP contribution in [0.4, 0.5) is 5.69 Å². The summed E-state index contributed by atoms with van der Waals surface area (Å²) in [5.41, 5.74) is 6.84. The standard InChI is InChI=1S/C18H27N5O.HI/c1-13(2)12-23-10-9-20-17(23)11-21-18(19)22-15-5-7-16(8-6-15)24-14(3)4;/h5-10,13-14H,11-12H2,1-4H3,(H3,19,21,22);1H. The van der Waals surface area contributed by atoms with Gasteiger partial charge in [-0.25, -0.2) is 9.98 Å². The monoisotopic (exact) mass is 457 g/mol. The molecule has 0 bridgehead atoms. The molecule has 0 aliphatic carbocycles. The highest BCUT2D eigenvalue weighted by atomic mass is 127. The number of anilines is 1. The Labute approximate surface area is 166 Å². The second kappa shape index (κ2) is 10.3. The quantitative estimate of drug-likeness (QED) is 0.376. The van der Waals surface area contributed by atoms with Crippen molar-refractivity contribution in [2.24, 2.45) is 16.6 Å². The summed E-state index contributed by atoms with van der Waals surface area (Å²) < 4.78 is 7.73. The molecule has 0 aliphatic rings. The zero-order chi connectivity index (χ0) is 17.5. The third-order valence-electron chi connectivity index (χ3n) is 3.25. The van der Waals surface area contributed by atoms with Crippen molar-refractivity contribution in [3.8, 4) is 5.75 Å². The molecule has 2 rings (SSSR count). The molecule has 7 heteroatoms. The fourth-order valence-electron chi connectivity index (χ4n) is 2.28. The number of nitrogens with zero attached hydrogens (tertiary/aromatic N) is 3. The number of hydrogen-bond donors (Lipinski definition) is 2. The van der Waals surface area contributed by atoms with E-state index in [1.165, 1.54) is 0 Å². The highest BCUT2D eigenvalue weighted by Crippen LogP contribution is 2.16. The lowest BCUT2D eigenvalue weighted by Gasteiger charge is -2.11. The first-order valence-corrected chi connectivity index (χ1v) is 8.27. The number of ether oxygens (including phenoxy) is 1. The Morgan fingerprint density at radius 2 is 1.92 bits per heavy atom. The summed E-state index contributed by atoms with van der Waals surface area (Å²) in [7, 11) is 0. The first-order chi connectivity index (χ1) is 11.4. The molecule has 1 heterocycles. The van der Waals surface area contributed by atoms with Crippen LogP contribution in [0.1, 0.15) is 33.5 Å². The molecule has 0 aliphatic heterocycles. The molecule has 0 fully saturated rings. The number of rotatable bonds is 7. The minimum absolute atomic E-state index is 0. The van der Waals surface area contributed by atoms with Gasteiger partial charge in [0.1, 0.15) is 18.1 Å². The van der Waals surface area contributed by atoms with Crippen LogP contribution in [0.5, 0.6) is 5.75 Å². The number of guanidine groups is 1. The minimum atomic E-state index is 0. The lowest BCUT2D eigenvalue weighted by atomic mass is 10.2. The predicted molar refractivity (Wildman–Crippen MR) is 114 cm³/mol. The van der Waals surface area contributed by atoms with E-state index in [-0.39, 0.29) is 30.1 Å². The molecule has 2 aromatic rings. The lowest BCUT2D eigenvalue weighted by molar-refractivity contribution is 0.242. The Bertz CT molecular complexity index is 664. The zero-order valence-electron chi connectivity index (χ0n) is 15.3. The molecule has 0 saturated carbocycles.